The van der Waals surface area contributed by atoms with E-state index in [2.05, 4.69) is 11.4 Å². The predicted octanol–water partition coefficient (Wildman–Crippen LogP) is 3.37. The minimum absolute atomic E-state index is 0.118. The van der Waals surface area contributed by atoms with Crippen molar-refractivity contribution >= 4 is 40.2 Å². The standard InChI is InChI=1S/C16H11N3OS/c17-10-11-6-7-13-14(8-11)19(12-4-2-1-3-5-12)16(20)9-15(21)18-13/h1-8H,9H2,(H,18,21). The summed E-state index contributed by atoms with van der Waals surface area (Å²) in [5, 5.41) is 12.1. The highest BCUT2D eigenvalue weighted by molar-refractivity contribution is 7.80. The molecule has 1 heterocycles. The largest absolute Gasteiger partial charge is 0.348 e. The van der Waals surface area contributed by atoms with E-state index >= 15 is 0 Å². The summed E-state index contributed by atoms with van der Waals surface area (Å²) in [6, 6.07) is 16.6. The molecule has 2 aromatic carbocycles. The SMILES string of the molecule is N#Cc1ccc2c(c1)N(c1ccccc1)C(=O)CC(=S)N2. The van der Waals surface area contributed by atoms with Crippen LogP contribution in [0.25, 0.3) is 0 Å². The number of hydrogen-bond acceptors (Lipinski definition) is 3. The predicted molar refractivity (Wildman–Crippen MR) is 85.6 cm³/mol. The number of thiocarbonyl (C=S) groups is 1. The second-order valence-electron chi connectivity index (χ2n) is 4.63. The summed E-state index contributed by atoms with van der Waals surface area (Å²) in [4.78, 5) is 14.6. The maximum atomic E-state index is 12.5. The fourth-order valence-corrected chi connectivity index (χ4v) is 2.53. The minimum Gasteiger partial charge on any atom is -0.348 e. The van der Waals surface area contributed by atoms with Crippen LogP contribution in [0.1, 0.15) is 12.0 Å². The Morgan fingerprint density at radius 3 is 2.67 bits per heavy atom. The van der Waals surface area contributed by atoms with E-state index in [1.165, 1.54) is 0 Å². The van der Waals surface area contributed by atoms with Crippen LogP contribution in [-0.4, -0.2) is 10.9 Å². The molecule has 0 aromatic heterocycles. The molecule has 0 fully saturated rings. The van der Waals surface area contributed by atoms with Gasteiger partial charge in [-0.1, -0.05) is 30.4 Å². The first-order valence-electron chi connectivity index (χ1n) is 6.41. The van der Waals surface area contributed by atoms with Crippen molar-refractivity contribution in [3.05, 3.63) is 54.1 Å². The summed E-state index contributed by atoms with van der Waals surface area (Å²) >= 11 is 5.19. The Hall–Kier alpha value is -2.71. The molecule has 0 radical (unpaired) electrons. The molecule has 0 aliphatic carbocycles. The van der Waals surface area contributed by atoms with Crippen molar-refractivity contribution in [2.45, 2.75) is 6.42 Å². The highest BCUT2D eigenvalue weighted by Crippen LogP contribution is 2.35. The Balaban J connectivity index is 2.21. The maximum absolute atomic E-state index is 12.5. The van der Waals surface area contributed by atoms with Gasteiger partial charge >= 0.3 is 0 Å². The number of carbonyl (C=O) groups is 1. The Bertz CT molecular complexity index is 765. The van der Waals surface area contributed by atoms with Crippen LogP contribution in [0.3, 0.4) is 0 Å². The normalized spacial score (nSPS) is 14.0. The second-order valence-corrected chi connectivity index (χ2v) is 5.13. The van der Waals surface area contributed by atoms with Gasteiger partial charge in [-0.15, -0.1) is 0 Å². The number of anilines is 3. The van der Waals surface area contributed by atoms with Gasteiger partial charge in [0.1, 0.15) is 0 Å². The van der Waals surface area contributed by atoms with Gasteiger partial charge in [-0.3, -0.25) is 9.69 Å². The van der Waals surface area contributed by atoms with Crippen molar-refractivity contribution in [2.75, 3.05) is 10.2 Å². The van der Waals surface area contributed by atoms with Crippen LogP contribution in [0, 0.1) is 11.3 Å². The quantitative estimate of drug-likeness (QED) is 0.819. The first kappa shape index (κ1) is 13.3. The summed E-state index contributed by atoms with van der Waals surface area (Å²) in [5.41, 5.74) is 2.63. The number of nitrogens with zero attached hydrogens (tertiary/aromatic N) is 2. The Morgan fingerprint density at radius 1 is 1.19 bits per heavy atom. The number of amides is 1. The summed E-state index contributed by atoms with van der Waals surface area (Å²) in [7, 11) is 0. The monoisotopic (exact) mass is 293 g/mol. The summed E-state index contributed by atoms with van der Waals surface area (Å²) in [5.74, 6) is -0.118. The smallest absolute Gasteiger partial charge is 0.238 e. The summed E-state index contributed by atoms with van der Waals surface area (Å²) < 4.78 is 0. The molecule has 1 amide bonds. The van der Waals surface area contributed by atoms with E-state index in [0.29, 0.717) is 16.2 Å². The molecule has 5 heteroatoms. The number of rotatable bonds is 1. The number of hydrogen-bond donors (Lipinski definition) is 1. The molecular weight excluding hydrogens is 282 g/mol. The van der Waals surface area contributed by atoms with Crippen LogP contribution < -0.4 is 10.2 Å². The molecule has 4 nitrogen and oxygen atoms in total. The highest BCUT2D eigenvalue weighted by atomic mass is 32.1. The molecule has 2 aromatic rings. The van der Waals surface area contributed by atoms with Crippen molar-refractivity contribution in [3.63, 3.8) is 0 Å². The first-order chi connectivity index (χ1) is 10.2. The van der Waals surface area contributed by atoms with Crippen molar-refractivity contribution < 1.29 is 4.79 Å². The Morgan fingerprint density at radius 2 is 1.95 bits per heavy atom. The molecule has 0 saturated carbocycles. The Kier molecular flexibility index (Phi) is 3.38. The molecule has 0 bridgehead atoms. The van der Waals surface area contributed by atoms with Crippen molar-refractivity contribution in [1.82, 2.24) is 0 Å². The van der Waals surface area contributed by atoms with E-state index in [4.69, 9.17) is 17.5 Å². The number of nitriles is 1. The fourth-order valence-electron chi connectivity index (χ4n) is 2.30. The topological polar surface area (TPSA) is 56.1 Å². The zero-order chi connectivity index (χ0) is 14.8. The molecule has 102 valence electrons. The van der Waals surface area contributed by atoms with Crippen LogP contribution in [0.5, 0.6) is 0 Å². The molecule has 0 spiro atoms. The number of carbonyl (C=O) groups excluding carboxylic acids is 1. The molecule has 0 unspecified atom stereocenters. The third kappa shape index (κ3) is 2.49. The van der Waals surface area contributed by atoms with Crippen LogP contribution >= 0.6 is 12.2 Å². The summed E-state index contributed by atoms with van der Waals surface area (Å²) in [6.07, 6.45) is 0.140. The lowest BCUT2D eigenvalue weighted by Gasteiger charge is -2.22. The van der Waals surface area contributed by atoms with E-state index in [0.717, 1.165) is 11.4 Å². The lowest BCUT2D eigenvalue weighted by molar-refractivity contribution is -0.116. The van der Waals surface area contributed by atoms with Crippen molar-refractivity contribution in [3.8, 4) is 6.07 Å². The third-order valence-corrected chi connectivity index (χ3v) is 3.46. The zero-order valence-electron chi connectivity index (χ0n) is 11.0. The molecule has 21 heavy (non-hydrogen) atoms. The van der Waals surface area contributed by atoms with Gasteiger partial charge in [-0.2, -0.15) is 5.26 Å². The molecule has 0 saturated heterocycles. The van der Waals surface area contributed by atoms with E-state index in [-0.39, 0.29) is 12.3 Å². The van der Waals surface area contributed by atoms with Gasteiger partial charge in [0.15, 0.2) is 0 Å². The number of fused-ring (bicyclic) bond motifs is 1. The van der Waals surface area contributed by atoms with Crippen molar-refractivity contribution in [2.24, 2.45) is 0 Å². The third-order valence-electron chi connectivity index (χ3n) is 3.22. The van der Waals surface area contributed by atoms with E-state index in [1.54, 1.807) is 23.1 Å². The van der Waals surface area contributed by atoms with Crippen LogP contribution in [0.15, 0.2) is 48.5 Å². The summed E-state index contributed by atoms with van der Waals surface area (Å²) in [6.45, 7) is 0. The first-order valence-corrected chi connectivity index (χ1v) is 6.82. The highest BCUT2D eigenvalue weighted by Gasteiger charge is 2.26. The molecule has 0 atom stereocenters. The van der Waals surface area contributed by atoms with Gasteiger partial charge in [0.05, 0.1) is 34.4 Å². The lowest BCUT2D eigenvalue weighted by Crippen LogP contribution is -2.25. The number of para-hydroxylation sites is 1. The minimum atomic E-state index is -0.118. The molecular formula is C16H11N3OS. The fraction of sp³-hybridized carbons (Fsp3) is 0.0625. The van der Waals surface area contributed by atoms with Gasteiger partial charge in [0.2, 0.25) is 5.91 Å². The number of benzene rings is 2. The zero-order valence-corrected chi connectivity index (χ0v) is 11.9. The molecule has 3 rings (SSSR count). The van der Waals surface area contributed by atoms with E-state index < -0.39 is 0 Å². The van der Waals surface area contributed by atoms with E-state index in [1.807, 2.05) is 30.3 Å². The van der Waals surface area contributed by atoms with Gasteiger partial charge < -0.3 is 5.32 Å². The van der Waals surface area contributed by atoms with Gasteiger partial charge in [0.25, 0.3) is 0 Å². The lowest BCUT2D eigenvalue weighted by atomic mass is 10.1. The Labute approximate surface area is 127 Å². The molecule has 1 N–H and O–H groups in total. The van der Waals surface area contributed by atoms with Crippen molar-refractivity contribution in [1.29, 1.82) is 5.26 Å². The second kappa shape index (κ2) is 5.35. The van der Waals surface area contributed by atoms with Crippen LogP contribution in [-0.2, 0) is 4.79 Å². The maximum Gasteiger partial charge on any atom is 0.238 e. The number of nitrogens with one attached hydrogen (secondary N) is 1. The van der Waals surface area contributed by atoms with Crippen LogP contribution in [0.4, 0.5) is 17.1 Å². The van der Waals surface area contributed by atoms with Gasteiger partial charge in [-0.05, 0) is 30.3 Å². The van der Waals surface area contributed by atoms with E-state index in [9.17, 15) is 4.79 Å². The van der Waals surface area contributed by atoms with Crippen LogP contribution in [0.2, 0.25) is 0 Å². The molecule has 1 aliphatic rings. The van der Waals surface area contributed by atoms with Gasteiger partial charge in [0, 0.05) is 5.69 Å². The molecule has 1 aliphatic heterocycles. The average molecular weight is 293 g/mol. The average Bonchev–Trinajstić information content (AvgIpc) is 2.61. The van der Waals surface area contributed by atoms with Gasteiger partial charge in [-0.25, -0.2) is 0 Å².